The van der Waals surface area contributed by atoms with Gasteiger partial charge in [-0.25, -0.2) is 4.39 Å². The molecule has 3 aromatic carbocycles. The molecule has 0 heterocycles. The lowest BCUT2D eigenvalue weighted by Crippen LogP contribution is -2.07. The predicted molar refractivity (Wildman–Crippen MR) is 134 cm³/mol. The van der Waals surface area contributed by atoms with Gasteiger partial charge in [0.05, 0.1) is 26.4 Å². The fourth-order valence-electron chi connectivity index (χ4n) is 3.33. The first-order valence-electron chi connectivity index (χ1n) is 11.8. The zero-order valence-corrected chi connectivity index (χ0v) is 20.3. The number of aliphatic hydroxyl groups excluding tert-OH is 1. The van der Waals surface area contributed by atoms with E-state index in [-0.39, 0.29) is 25.8 Å². The van der Waals surface area contributed by atoms with E-state index in [1.165, 1.54) is 6.07 Å². The van der Waals surface area contributed by atoms with E-state index in [1.54, 1.807) is 19.2 Å². The van der Waals surface area contributed by atoms with Crippen molar-refractivity contribution in [3.05, 3.63) is 66.5 Å². The Morgan fingerprint density at radius 1 is 0.714 bits per heavy atom. The van der Waals surface area contributed by atoms with E-state index in [2.05, 4.69) is 6.92 Å². The molecule has 7 heteroatoms. The molecule has 188 valence electrons. The molecule has 0 aliphatic heterocycles. The molecule has 3 rings (SSSR count). The summed E-state index contributed by atoms with van der Waals surface area (Å²) in [6.07, 6.45) is 1.39. The summed E-state index contributed by atoms with van der Waals surface area (Å²) < 4.78 is 42.0. The molecule has 0 unspecified atom stereocenters. The fraction of sp³-hybridized carbons (Fsp3) is 0.357. The van der Waals surface area contributed by atoms with E-state index in [0.717, 1.165) is 28.9 Å². The summed E-state index contributed by atoms with van der Waals surface area (Å²) in [6.45, 7) is 3.95. The van der Waals surface area contributed by atoms with Crippen molar-refractivity contribution in [1.82, 2.24) is 0 Å². The number of hydrogen-bond donors (Lipinski definition) is 1. The Morgan fingerprint density at radius 2 is 1.46 bits per heavy atom. The summed E-state index contributed by atoms with van der Waals surface area (Å²) in [4.78, 5) is 0. The topological polar surface area (TPSA) is 66.4 Å². The van der Waals surface area contributed by atoms with Crippen LogP contribution in [0.3, 0.4) is 0 Å². The second kappa shape index (κ2) is 14.3. The minimum absolute atomic E-state index is 0.00381. The van der Waals surface area contributed by atoms with Gasteiger partial charge in [0.25, 0.3) is 0 Å². The van der Waals surface area contributed by atoms with Crippen molar-refractivity contribution in [2.75, 3.05) is 46.9 Å². The van der Waals surface area contributed by atoms with Crippen LogP contribution < -0.4 is 14.2 Å². The van der Waals surface area contributed by atoms with Crippen molar-refractivity contribution in [3.63, 3.8) is 0 Å². The minimum Gasteiger partial charge on any atom is -0.494 e. The van der Waals surface area contributed by atoms with Crippen molar-refractivity contribution in [2.45, 2.75) is 19.8 Å². The van der Waals surface area contributed by atoms with E-state index < -0.39 is 5.82 Å². The highest BCUT2D eigenvalue weighted by Gasteiger charge is 2.11. The molecule has 0 radical (unpaired) electrons. The molecule has 1 N–H and O–H groups in total. The van der Waals surface area contributed by atoms with E-state index in [4.69, 9.17) is 28.8 Å². The Labute approximate surface area is 206 Å². The standard InChI is InChI=1S/C28H33FO6/c1-3-12-33-25-8-5-21(6-9-25)23-16-24(18-26(17-23)35-20-32-15-14-31-2)22-7-10-28(27(29)19-22)34-13-4-11-30/h5-10,16-19,30H,3-4,11-15,20H2,1-2H3. The Bertz CT molecular complexity index is 1040. The molecule has 35 heavy (non-hydrogen) atoms. The summed E-state index contributed by atoms with van der Waals surface area (Å²) in [6, 6.07) is 18.4. The molecule has 0 aliphatic rings. The number of halogens is 1. The molecule has 3 aromatic rings. The normalized spacial score (nSPS) is 10.9. The first kappa shape index (κ1) is 26.5. The Morgan fingerprint density at radius 3 is 2.14 bits per heavy atom. The molecule has 0 saturated heterocycles. The van der Waals surface area contributed by atoms with Crippen LogP contribution in [-0.2, 0) is 9.47 Å². The van der Waals surface area contributed by atoms with Gasteiger partial charge in [-0.2, -0.15) is 0 Å². The third-order valence-corrected chi connectivity index (χ3v) is 5.13. The lowest BCUT2D eigenvalue weighted by atomic mass is 9.98. The molecule has 0 aromatic heterocycles. The minimum atomic E-state index is -0.464. The zero-order valence-electron chi connectivity index (χ0n) is 20.3. The average Bonchev–Trinajstić information content (AvgIpc) is 2.88. The maximum Gasteiger partial charge on any atom is 0.189 e. The quantitative estimate of drug-likeness (QED) is 0.220. The SMILES string of the molecule is CCCOc1ccc(-c2cc(OCOCCOC)cc(-c3ccc(OCCCO)c(F)c3)c2)cc1. The van der Waals surface area contributed by atoms with Crippen LogP contribution in [0.15, 0.2) is 60.7 Å². The highest BCUT2D eigenvalue weighted by molar-refractivity contribution is 5.75. The number of benzene rings is 3. The van der Waals surface area contributed by atoms with E-state index in [9.17, 15) is 4.39 Å². The molecule has 0 spiro atoms. The van der Waals surface area contributed by atoms with Crippen molar-refractivity contribution in [1.29, 1.82) is 0 Å². The van der Waals surface area contributed by atoms with Crippen LogP contribution in [0.1, 0.15) is 19.8 Å². The zero-order chi connectivity index (χ0) is 24.9. The summed E-state index contributed by atoms with van der Waals surface area (Å²) in [7, 11) is 1.61. The number of rotatable bonds is 15. The van der Waals surface area contributed by atoms with Crippen molar-refractivity contribution in [2.24, 2.45) is 0 Å². The number of ether oxygens (including phenoxy) is 5. The number of hydrogen-bond acceptors (Lipinski definition) is 6. The Kier molecular flexibility index (Phi) is 10.8. The third kappa shape index (κ3) is 8.24. The van der Waals surface area contributed by atoms with Crippen molar-refractivity contribution in [3.8, 4) is 39.5 Å². The lowest BCUT2D eigenvalue weighted by Gasteiger charge is -2.14. The van der Waals surface area contributed by atoms with E-state index >= 15 is 0 Å². The third-order valence-electron chi connectivity index (χ3n) is 5.13. The summed E-state index contributed by atoms with van der Waals surface area (Å²) in [5, 5.41) is 8.90. The van der Waals surface area contributed by atoms with Gasteiger partial charge in [-0.15, -0.1) is 0 Å². The van der Waals surface area contributed by atoms with Gasteiger partial charge in [-0.3, -0.25) is 0 Å². The second-order valence-corrected chi connectivity index (χ2v) is 7.85. The largest absolute Gasteiger partial charge is 0.494 e. The Balaban J connectivity index is 1.87. The molecular weight excluding hydrogens is 451 g/mol. The van der Waals surface area contributed by atoms with Crippen LogP contribution in [0.2, 0.25) is 0 Å². The smallest absolute Gasteiger partial charge is 0.189 e. The van der Waals surface area contributed by atoms with Crippen LogP contribution in [0.25, 0.3) is 22.3 Å². The van der Waals surface area contributed by atoms with Crippen LogP contribution in [0.4, 0.5) is 4.39 Å². The molecular formula is C28H33FO6. The first-order chi connectivity index (χ1) is 17.1. The predicted octanol–water partition coefficient (Wildman–Crippen LogP) is 5.71. The molecule has 0 fully saturated rings. The summed E-state index contributed by atoms with van der Waals surface area (Å²) >= 11 is 0. The van der Waals surface area contributed by atoms with Crippen LogP contribution >= 0.6 is 0 Å². The number of aliphatic hydroxyl groups is 1. The molecule has 0 bridgehead atoms. The van der Waals surface area contributed by atoms with Crippen LogP contribution in [-0.4, -0.2) is 52.0 Å². The first-order valence-corrected chi connectivity index (χ1v) is 11.8. The van der Waals surface area contributed by atoms with Gasteiger partial charge in [-0.1, -0.05) is 25.1 Å². The molecule has 0 aliphatic carbocycles. The average molecular weight is 485 g/mol. The van der Waals surface area contributed by atoms with Crippen molar-refractivity contribution < 1.29 is 33.2 Å². The maximum atomic E-state index is 14.7. The molecule has 0 amide bonds. The van der Waals surface area contributed by atoms with Gasteiger partial charge < -0.3 is 28.8 Å². The van der Waals surface area contributed by atoms with E-state index in [0.29, 0.717) is 37.6 Å². The highest BCUT2D eigenvalue weighted by Crippen LogP contribution is 2.34. The van der Waals surface area contributed by atoms with Gasteiger partial charge >= 0.3 is 0 Å². The monoisotopic (exact) mass is 484 g/mol. The fourth-order valence-corrected chi connectivity index (χ4v) is 3.33. The van der Waals surface area contributed by atoms with Gasteiger partial charge in [0.1, 0.15) is 11.5 Å². The van der Waals surface area contributed by atoms with Crippen molar-refractivity contribution >= 4 is 0 Å². The lowest BCUT2D eigenvalue weighted by molar-refractivity contribution is -0.00842. The van der Waals surface area contributed by atoms with E-state index in [1.807, 2.05) is 42.5 Å². The van der Waals surface area contributed by atoms with Gasteiger partial charge in [0, 0.05) is 20.1 Å². The maximum absolute atomic E-state index is 14.7. The van der Waals surface area contributed by atoms with Gasteiger partial charge in [0.2, 0.25) is 0 Å². The summed E-state index contributed by atoms with van der Waals surface area (Å²) in [5.74, 6) is 1.11. The van der Waals surface area contributed by atoms with Crippen LogP contribution in [0.5, 0.6) is 17.2 Å². The number of methoxy groups -OCH3 is 1. The Hall–Kier alpha value is -3.13. The molecule has 6 nitrogen and oxygen atoms in total. The molecule has 0 saturated carbocycles. The van der Waals surface area contributed by atoms with Crippen LogP contribution in [0, 0.1) is 5.82 Å². The highest BCUT2D eigenvalue weighted by atomic mass is 19.1. The molecule has 0 atom stereocenters. The second-order valence-electron chi connectivity index (χ2n) is 7.85. The van der Waals surface area contributed by atoms with Gasteiger partial charge in [0.15, 0.2) is 18.4 Å². The summed E-state index contributed by atoms with van der Waals surface area (Å²) in [5.41, 5.74) is 3.37. The van der Waals surface area contributed by atoms with Gasteiger partial charge in [-0.05, 0) is 71.1 Å².